The molecule has 1 aliphatic rings. The van der Waals surface area contributed by atoms with Crippen molar-refractivity contribution in [2.45, 2.75) is 25.8 Å². The van der Waals surface area contributed by atoms with Crippen molar-refractivity contribution >= 4 is 33.2 Å². The van der Waals surface area contributed by atoms with E-state index in [-0.39, 0.29) is 11.8 Å². The van der Waals surface area contributed by atoms with Gasteiger partial charge in [-0.2, -0.15) is 0 Å². The predicted octanol–water partition coefficient (Wildman–Crippen LogP) is 4.45. The summed E-state index contributed by atoms with van der Waals surface area (Å²) in [6, 6.07) is 7.12. The van der Waals surface area contributed by atoms with E-state index < -0.39 is 10.0 Å². The molecule has 1 heterocycles. The Labute approximate surface area is 152 Å². The van der Waals surface area contributed by atoms with Crippen molar-refractivity contribution in [2.24, 2.45) is 5.92 Å². The molecule has 24 heavy (non-hydrogen) atoms. The number of nitrogens with one attached hydrogen (secondary N) is 1. The number of halogens is 2. The first-order valence-corrected chi connectivity index (χ1v) is 10.2. The van der Waals surface area contributed by atoms with E-state index >= 15 is 0 Å². The summed E-state index contributed by atoms with van der Waals surface area (Å²) < 4.78 is 26.8. The summed E-state index contributed by atoms with van der Waals surface area (Å²) in [5.41, 5.74) is 2.45. The highest BCUT2D eigenvalue weighted by Gasteiger charge is 2.35. The normalized spacial score (nSPS) is 16.1. The molecule has 0 saturated heterocycles. The van der Waals surface area contributed by atoms with Gasteiger partial charge in [0.05, 0.1) is 21.8 Å². The van der Waals surface area contributed by atoms with Crippen LogP contribution in [0.15, 0.2) is 36.7 Å². The van der Waals surface area contributed by atoms with E-state index in [1.54, 1.807) is 25.4 Å². The van der Waals surface area contributed by atoms with Crippen LogP contribution in [-0.4, -0.2) is 19.2 Å². The minimum atomic E-state index is -3.29. The standard InChI is InChI=1S/C17H18Cl2N2O2S/c1-2-24(22,23)21-17(11-6-7-11)13-8-12(9-20-10-13)14-4-3-5-15(18)16(14)19/h3-5,8-11,17,21H,2,6-7H2,1H3. The highest BCUT2D eigenvalue weighted by Crippen LogP contribution is 2.42. The summed E-state index contributed by atoms with van der Waals surface area (Å²) in [6.45, 7) is 1.63. The number of hydrogen-bond donors (Lipinski definition) is 1. The van der Waals surface area contributed by atoms with Gasteiger partial charge < -0.3 is 0 Å². The molecule has 1 fully saturated rings. The van der Waals surface area contributed by atoms with Gasteiger partial charge in [0.1, 0.15) is 0 Å². The van der Waals surface area contributed by atoms with Gasteiger partial charge in [0, 0.05) is 23.5 Å². The number of pyridine rings is 1. The van der Waals surface area contributed by atoms with E-state index in [1.165, 1.54) is 0 Å². The van der Waals surface area contributed by atoms with Crippen LogP contribution in [0, 0.1) is 5.92 Å². The van der Waals surface area contributed by atoms with E-state index in [9.17, 15) is 8.42 Å². The van der Waals surface area contributed by atoms with Crippen LogP contribution in [0.3, 0.4) is 0 Å². The second-order valence-electron chi connectivity index (χ2n) is 5.94. The monoisotopic (exact) mass is 384 g/mol. The Bertz CT molecular complexity index is 851. The fraction of sp³-hybridized carbons (Fsp3) is 0.353. The van der Waals surface area contributed by atoms with Gasteiger partial charge in [0.2, 0.25) is 10.0 Å². The Morgan fingerprint density at radius 2 is 2.04 bits per heavy atom. The molecule has 4 nitrogen and oxygen atoms in total. The molecule has 0 spiro atoms. The van der Waals surface area contributed by atoms with Crippen LogP contribution in [0.25, 0.3) is 11.1 Å². The molecule has 0 aliphatic heterocycles. The van der Waals surface area contributed by atoms with Gasteiger partial charge in [-0.15, -0.1) is 0 Å². The van der Waals surface area contributed by atoms with Crippen molar-refractivity contribution in [3.05, 3.63) is 52.3 Å². The summed E-state index contributed by atoms with van der Waals surface area (Å²) >= 11 is 12.4. The largest absolute Gasteiger partial charge is 0.264 e. The molecule has 1 unspecified atom stereocenters. The van der Waals surface area contributed by atoms with Gasteiger partial charge in [0.15, 0.2) is 0 Å². The lowest BCUT2D eigenvalue weighted by atomic mass is 10.0. The van der Waals surface area contributed by atoms with Crippen LogP contribution in [0.4, 0.5) is 0 Å². The van der Waals surface area contributed by atoms with Crippen molar-refractivity contribution in [1.29, 1.82) is 0 Å². The Morgan fingerprint density at radius 1 is 1.29 bits per heavy atom. The maximum atomic E-state index is 12.0. The molecular formula is C17H18Cl2N2O2S. The first kappa shape index (κ1) is 17.7. The number of aromatic nitrogens is 1. The number of nitrogens with zero attached hydrogens (tertiary/aromatic N) is 1. The maximum absolute atomic E-state index is 12.0. The molecule has 1 atom stereocenters. The van der Waals surface area contributed by atoms with Crippen molar-refractivity contribution in [3.8, 4) is 11.1 Å². The van der Waals surface area contributed by atoms with Crippen LogP contribution in [0.5, 0.6) is 0 Å². The van der Waals surface area contributed by atoms with Crippen LogP contribution < -0.4 is 4.72 Å². The van der Waals surface area contributed by atoms with Gasteiger partial charge >= 0.3 is 0 Å². The van der Waals surface area contributed by atoms with Crippen LogP contribution in [-0.2, 0) is 10.0 Å². The molecule has 3 rings (SSSR count). The van der Waals surface area contributed by atoms with Crippen LogP contribution >= 0.6 is 23.2 Å². The van der Waals surface area contributed by atoms with Crippen LogP contribution in [0.1, 0.15) is 31.4 Å². The smallest absolute Gasteiger partial charge is 0.211 e. The minimum Gasteiger partial charge on any atom is -0.264 e. The SMILES string of the molecule is CCS(=O)(=O)NC(c1cncc(-c2cccc(Cl)c2Cl)c1)C1CC1. The van der Waals surface area contributed by atoms with E-state index in [1.807, 2.05) is 18.2 Å². The Morgan fingerprint density at radius 3 is 2.71 bits per heavy atom. The van der Waals surface area contributed by atoms with E-state index in [2.05, 4.69) is 9.71 Å². The quantitative estimate of drug-likeness (QED) is 0.800. The van der Waals surface area contributed by atoms with Gasteiger partial charge in [-0.3, -0.25) is 4.98 Å². The van der Waals surface area contributed by atoms with E-state index in [4.69, 9.17) is 23.2 Å². The van der Waals surface area contributed by atoms with Gasteiger partial charge in [-0.25, -0.2) is 13.1 Å². The third kappa shape index (κ3) is 3.91. The summed E-state index contributed by atoms with van der Waals surface area (Å²) in [7, 11) is -3.29. The molecule has 0 amide bonds. The van der Waals surface area contributed by atoms with Crippen molar-refractivity contribution in [3.63, 3.8) is 0 Å². The molecule has 0 bridgehead atoms. The zero-order chi connectivity index (χ0) is 17.3. The third-order valence-corrected chi connectivity index (χ3v) is 6.35. The highest BCUT2D eigenvalue weighted by atomic mass is 35.5. The number of sulfonamides is 1. The molecule has 2 aromatic rings. The van der Waals surface area contributed by atoms with Gasteiger partial charge in [-0.1, -0.05) is 35.3 Å². The number of hydrogen-bond acceptors (Lipinski definition) is 3. The predicted molar refractivity (Wildman–Crippen MR) is 97.8 cm³/mol. The molecule has 0 radical (unpaired) electrons. The number of benzene rings is 1. The minimum absolute atomic E-state index is 0.0590. The highest BCUT2D eigenvalue weighted by molar-refractivity contribution is 7.89. The lowest BCUT2D eigenvalue weighted by Crippen LogP contribution is -2.31. The van der Waals surface area contributed by atoms with Crippen molar-refractivity contribution in [1.82, 2.24) is 9.71 Å². The Kier molecular flexibility index (Phi) is 5.16. The first-order chi connectivity index (χ1) is 11.4. The average Bonchev–Trinajstić information content (AvgIpc) is 3.40. The van der Waals surface area contributed by atoms with Crippen molar-refractivity contribution < 1.29 is 8.42 Å². The van der Waals surface area contributed by atoms with Gasteiger partial charge in [-0.05, 0) is 43.4 Å². The lowest BCUT2D eigenvalue weighted by Gasteiger charge is -2.19. The molecule has 1 aromatic carbocycles. The Balaban J connectivity index is 1.98. The number of rotatable bonds is 6. The summed E-state index contributed by atoms with van der Waals surface area (Å²) in [6.07, 6.45) is 5.44. The second-order valence-corrected chi connectivity index (χ2v) is 8.77. The molecular weight excluding hydrogens is 367 g/mol. The first-order valence-electron chi connectivity index (χ1n) is 7.80. The zero-order valence-corrected chi connectivity index (χ0v) is 15.5. The molecule has 1 aromatic heterocycles. The van der Waals surface area contributed by atoms with Gasteiger partial charge in [0.25, 0.3) is 0 Å². The van der Waals surface area contributed by atoms with Crippen molar-refractivity contribution in [2.75, 3.05) is 5.75 Å². The molecule has 1 aliphatic carbocycles. The molecule has 1 saturated carbocycles. The average molecular weight is 385 g/mol. The topological polar surface area (TPSA) is 59.1 Å². The summed E-state index contributed by atoms with van der Waals surface area (Å²) in [5.74, 6) is 0.377. The van der Waals surface area contributed by atoms with E-state index in [0.717, 1.165) is 29.5 Å². The lowest BCUT2D eigenvalue weighted by molar-refractivity contribution is 0.529. The second kappa shape index (κ2) is 7.00. The van der Waals surface area contributed by atoms with E-state index in [0.29, 0.717) is 16.0 Å². The molecule has 128 valence electrons. The molecule has 1 N–H and O–H groups in total. The maximum Gasteiger partial charge on any atom is 0.211 e. The van der Waals surface area contributed by atoms with Crippen LogP contribution in [0.2, 0.25) is 10.0 Å². The fourth-order valence-corrected chi connectivity index (χ4v) is 3.94. The fourth-order valence-electron chi connectivity index (χ4n) is 2.64. The Hall–Kier alpha value is -1.14. The molecule has 7 heteroatoms. The third-order valence-electron chi connectivity index (χ3n) is 4.16. The zero-order valence-electron chi connectivity index (χ0n) is 13.2. The summed E-state index contributed by atoms with van der Waals surface area (Å²) in [5, 5.41) is 0.945. The summed E-state index contributed by atoms with van der Waals surface area (Å²) in [4.78, 5) is 4.28.